The molecule has 0 unspecified atom stereocenters. The average Bonchev–Trinajstić information content (AvgIpc) is 3.29. The summed E-state index contributed by atoms with van der Waals surface area (Å²) in [6, 6.07) is 13.7. The van der Waals surface area contributed by atoms with Gasteiger partial charge in [0.1, 0.15) is 0 Å². The molecule has 166 valence electrons. The molecule has 3 heterocycles. The minimum Gasteiger partial charge on any atom is -0.380 e. The van der Waals surface area contributed by atoms with Crippen molar-refractivity contribution >= 4 is 20.0 Å². The molecule has 31 heavy (non-hydrogen) atoms. The van der Waals surface area contributed by atoms with Gasteiger partial charge in [-0.15, -0.1) is 0 Å². The summed E-state index contributed by atoms with van der Waals surface area (Å²) in [6.45, 7) is 5.64. The Hall–Kier alpha value is -1.78. The van der Waals surface area contributed by atoms with E-state index in [9.17, 15) is 16.8 Å². The molecular formula is C22H26N2O5S2. The molecule has 2 aromatic rings. The fourth-order valence-corrected chi connectivity index (χ4v) is 8.45. The van der Waals surface area contributed by atoms with Crippen molar-refractivity contribution in [2.24, 2.45) is 10.8 Å². The molecule has 7 nitrogen and oxygen atoms in total. The molecule has 0 atom stereocenters. The van der Waals surface area contributed by atoms with Crippen molar-refractivity contribution in [2.45, 2.75) is 23.6 Å². The van der Waals surface area contributed by atoms with Crippen LogP contribution < -0.4 is 0 Å². The first kappa shape index (κ1) is 21.1. The van der Waals surface area contributed by atoms with E-state index in [4.69, 9.17) is 4.74 Å². The van der Waals surface area contributed by atoms with Crippen LogP contribution in [0.3, 0.4) is 0 Å². The summed E-state index contributed by atoms with van der Waals surface area (Å²) in [7, 11) is -7.30. The highest BCUT2D eigenvalue weighted by molar-refractivity contribution is 7.89. The van der Waals surface area contributed by atoms with Gasteiger partial charge in [0.25, 0.3) is 0 Å². The van der Waals surface area contributed by atoms with Crippen LogP contribution in [0, 0.1) is 24.7 Å². The highest BCUT2D eigenvalue weighted by Crippen LogP contribution is 2.57. The van der Waals surface area contributed by atoms with Crippen LogP contribution in [-0.4, -0.2) is 64.8 Å². The summed E-state index contributed by atoms with van der Waals surface area (Å²) in [5.41, 5.74) is 0.943. The minimum absolute atomic E-state index is 0.267. The number of benzene rings is 2. The topological polar surface area (TPSA) is 84.0 Å². The standard InChI is InChI=1S/C22H26N2O5S2/c1-17-3-7-19(8-4-17)30(25,26)23-11-21-13-24(14-22(21,12-23)16-29-15-21)31(27,28)20-9-5-18(2)6-10-20/h3-10H,11-16H2,1-2H3. The van der Waals surface area contributed by atoms with Gasteiger partial charge in [0.15, 0.2) is 0 Å². The molecule has 0 radical (unpaired) electrons. The van der Waals surface area contributed by atoms with Crippen molar-refractivity contribution in [1.29, 1.82) is 0 Å². The van der Waals surface area contributed by atoms with E-state index < -0.39 is 30.9 Å². The molecule has 5 rings (SSSR count). The molecule has 3 saturated heterocycles. The minimum atomic E-state index is -3.65. The Morgan fingerprint density at radius 1 is 0.645 bits per heavy atom. The molecule has 0 aromatic heterocycles. The Bertz CT molecular complexity index is 1110. The number of rotatable bonds is 4. The molecular weight excluding hydrogens is 436 g/mol. The van der Waals surface area contributed by atoms with E-state index in [-0.39, 0.29) is 36.0 Å². The monoisotopic (exact) mass is 462 g/mol. The number of ether oxygens (including phenoxy) is 1. The van der Waals surface area contributed by atoms with Crippen molar-refractivity contribution in [3.63, 3.8) is 0 Å². The van der Waals surface area contributed by atoms with Crippen LogP contribution >= 0.6 is 0 Å². The van der Waals surface area contributed by atoms with Crippen molar-refractivity contribution < 1.29 is 21.6 Å². The molecule has 3 aliphatic rings. The van der Waals surface area contributed by atoms with E-state index in [2.05, 4.69) is 0 Å². The average molecular weight is 463 g/mol. The van der Waals surface area contributed by atoms with E-state index >= 15 is 0 Å². The molecule has 9 heteroatoms. The van der Waals surface area contributed by atoms with Crippen molar-refractivity contribution in [3.8, 4) is 0 Å². The van der Waals surface area contributed by atoms with Crippen molar-refractivity contribution in [3.05, 3.63) is 59.7 Å². The Balaban J connectivity index is 1.45. The van der Waals surface area contributed by atoms with Gasteiger partial charge >= 0.3 is 0 Å². The summed E-state index contributed by atoms with van der Waals surface area (Å²) in [5.74, 6) is 0. The third kappa shape index (κ3) is 3.09. The fraction of sp³-hybridized carbons (Fsp3) is 0.455. The first-order chi connectivity index (χ1) is 14.6. The molecule has 0 aliphatic carbocycles. The fourth-order valence-electron chi connectivity index (χ4n) is 5.22. The van der Waals surface area contributed by atoms with Crippen LogP contribution in [0.1, 0.15) is 11.1 Å². The van der Waals surface area contributed by atoms with Gasteiger partial charge in [-0.05, 0) is 38.1 Å². The molecule has 0 saturated carbocycles. The van der Waals surface area contributed by atoms with Gasteiger partial charge in [-0.25, -0.2) is 16.8 Å². The lowest BCUT2D eigenvalue weighted by atomic mass is 9.71. The predicted octanol–water partition coefficient (Wildman–Crippen LogP) is 2.02. The van der Waals surface area contributed by atoms with E-state index in [1.54, 1.807) is 48.5 Å². The zero-order chi connectivity index (χ0) is 22.1. The van der Waals surface area contributed by atoms with Crippen LogP contribution in [0.2, 0.25) is 0 Å². The first-order valence-electron chi connectivity index (χ1n) is 10.3. The van der Waals surface area contributed by atoms with Gasteiger partial charge in [-0.2, -0.15) is 8.61 Å². The lowest BCUT2D eigenvalue weighted by Crippen LogP contribution is -2.40. The van der Waals surface area contributed by atoms with E-state index in [0.717, 1.165) is 11.1 Å². The van der Waals surface area contributed by atoms with Crippen molar-refractivity contribution in [1.82, 2.24) is 8.61 Å². The molecule has 0 amide bonds. The Labute approximate surface area is 183 Å². The van der Waals surface area contributed by atoms with Gasteiger partial charge in [0.05, 0.1) is 23.0 Å². The summed E-state index contributed by atoms with van der Waals surface area (Å²) in [5, 5.41) is 0. The lowest BCUT2D eigenvalue weighted by Gasteiger charge is -2.27. The molecule has 0 bridgehead atoms. The maximum atomic E-state index is 13.3. The van der Waals surface area contributed by atoms with Gasteiger partial charge in [-0.1, -0.05) is 35.4 Å². The third-order valence-electron chi connectivity index (χ3n) is 7.12. The Morgan fingerprint density at radius 3 is 1.29 bits per heavy atom. The Morgan fingerprint density at radius 2 is 0.968 bits per heavy atom. The number of hydrogen-bond donors (Lipinski definition) is 0. The van der Waals surface area contributed by atoms with Crippen LogP contribution in [0.5, 0.6) is 0 Å². The van der Waals surface area contributed by atoms with Crippen LogP contribution in [-0.2, 0) is 24.8 Å². The maximum absolute atomic E-state index is 13.3. The normalized spacial score (nSPS) is 29.2. The van der Waals surface area contributed by atoms with Gasteiger partial charge in [0, 0.05) is 37.0 Å². The Kier molecular flexibility index (Phi) is 4.66. The summed E-state index contributed by atoms with van der Waals surface area (Å²) in [6.07, 6.45) is 0. The lowest BCUT2D eigenvalue weighted by molar-refractivity contribution is 0.122. The third-order valence-corrected chi connectivity index (χ3v) is 10.7. The number of hydrogen-bond acceptors (Lipinski definition) is 5. The zero-order valence-corrected chi connectivity index (χ0v) is 19.2. The summed E-state index contributed by atoms with van der Waals surface area (Å²) in [4.78, 5) is 0.544. The van der Waals surface area contributed by atoms with Gasteiger partial charge < -0.3 is 4.74 Å². The predicted molar refractivity (Wildman–Crippen MR) is 116 cm³/mol. The smallest absolute Gasteiger partial charge is 0.243 e. The van der Waals surface area contributed by atoms with Gasteiger partial charge in [-0.3, -0.25) is 0 Å². The molecule has 2 aromatic carbocycles. The highest BCUT2D eigenvalue weighted by atomic mass is 32.2. The van der Waals surface area contributed by atoms with E-state index in [1.807, 2.05) is 13.8 Å². The SMILES string of the molecule is Cc1ccc(S(=O)(=O)N2CC34COCC3(C2)CN(S(=O)(=O)c2ccc(C)cc2)C4)cc1. The molecule has 3 aliphatic heterocycles. The summed E-state index contributed by atoms with van der Waals surface area (Å²) >= 11 is 0. The second-order valence-electron chi connectivity index (χ2n) is 9.23. The number of nitrogens with zero attached hydrogens (tertiary/aromatic N) is 2. The second kappa shape index (κ2) is 6.86. The highest BCUT2D eigenvalue weighted by Gasteiger charge is 2.69. The quantitative estimate of drug-likeness (QED) is 0.694. The molecule has 0 spiro atoms. The first-order valence-corrected chi connectivity index (χ1v) is 13.2. The maximum Gasteiger partial charge on any atom is 0.243 e. The van der Waals surface area contributed by atoms with E-state index in [0.29, 0.717) is 13.2 Å². The van der Waals surface area contributed by atoms with Crippen LogP contribution in [0.15, 0.2) is 58.3 Å². The van der Waals surface area contributed by atoms with E-state index in [1.165, 1.54) is 8.61 Å². The van der Waals surface area contributed by atoms with Crippen LogP contribution in [0.4, 0.5) is 0 Å². The molecule has 0 N–H and O–H groups in total. The molecule has 3 fully saturated rings. The largest absolute Gasteiger partial charge is 0.380 e. The summed E-state index contributed by atoms with van der Waals surface area (Å²) < 4.78 is 62.0. The van der Waals surface area contributed by atoms with Crippen molar-refractivity contribution in [2.75, 3.05) is 39.4 Å². The van der Waals surface area contributed by atoms with Crippen LogP contribution in [0.25, 0.3) is 0 Å². The number of sulfonamides is 2. The number of aryl methyl sites for hydroxylation is 2. The zero-order valence-electron chi connectivity index (χ0n) is 17.6. The van der Waals surface area contributed by atoms with Gasteiger partial charge in [0.2, 0.25) is 20.0 Å². The second-order valence-corrected chi connectivity index (χ2v) is 13.1.